The fourth-order valence-corrected chi connectivity index (χ4v) is 2.91. The minimum Gasteiger partial charge on any atom is -0.351 e. The van der Waals surface area contributed by atoms with Crippen molar-refractivity contribution >= 4 is 29.1 Å². The van der Waals surface area contributed by atoms with Gasteiger partial charge in [-0.1, -0.05) is 41.4 Å². The highest BCUT2D eigenvalue weighted by molar-refractivity contribution is 6.35. The van der Waals surface area contributed by atoms with Crippen molar-refractivity contribution in [1.82, 2.24) is 10.6 Å². The summed E-state index contributed by atoms with van der Waals surface area (Å²) in [6, 6.07) is 10.8. The van der Waals surface area contributed by atoms with Gasteiger partial charge in [0.15, 0.2) is 0 Å². The molecular weight excluding hydrogens is 350 g/mol. The number of rotatable bonds is 6. The quantitative estimate of drug-likeness (QED) is 0.788. The maximum absolute atomic E-state index is 12.9. The third-order valence-electron chi connectivity index (χ3n) is 3.70. The molecule has 0 spiro atoms. The van der Waals surface area contributed by atoms with E-state index in [4.69, 9.17) is 23.2 Å². The minimum atomic E-state index is -0.410. The van der Waals surface area contributed by atoms with Gasteiger partial charge in [0.25, 0.3) is 0 Å². The number of nitrogens with one attached hydrogen (secondary N) is 2. The fourth-order valence-electron chi connectivity index (χ4n) is 2.34. The van der Waals surface area contributed by atoms with Crippen LogP contribution in [0.15, 0.2) is 42.5 Å². The molecule has 2 rings (SSSR count). The lowest BCUT2D eigenvalue weighted by molar-refractivity contribution is -0.123. The summed E-state index contributed by atoms with van der Waals surface area (Å²) in [5.74, 6) is -0.440. The summed E-state index contributed by atoms with van der Waals surface area (Å²) in [5.41, 5.74) is 1.71. The number of carbonyl (C=O) groups is 1. The number of benzene rings is 2. The molecule has 0 bridgehead atoms. The highest BCUT2D eigenvalue weighted by atomic mass is 35.5. The van der Waals surface area contributed by atoms with Crippen molar-refractivity contribution in [1.29, 1.82) is 0 Å². The Hall–Kier alpha value is -1.62. The second-order valence-corrected chi connectivity index (χ2v) is 6.46. The van der Waals surface area contributed by atoms with E-state index >= 15 is 0 Å². The van der Waals surface area contributed by atoms with E-state index < -0.39 is 6.04 Å². The molecule has 0 saturated heterocycles. The van der Waals surface area contributed by atoms with Gasteiger partial charge in [-0.3, -0.25) is 10.1 Å². The second-order valence-electron chi connectivity index (χ2n) is 5.62. The van der Waals surface area contributed by atoms with Crippen molar-refractivity contribution in [3.05, 3.63) is 69.5 Å². The van der Waals surface area contributed by atoms with Gasteiger partial charge < -0.3 is 5.32 Å². The van der Waals surface area contributed by atoms with Crippen molar-refractivity contribution in [3.63, 3.8) is 0 Å². The van der Waals surface area contributed by atoms with Gasteiger partial charge in [-0.2, -0.15) is 0 Å². The third kappa shape index (κ3) is 5.20. The number of amides is 1. The molecule has 2 aromatic rings. The van der Waals surface area contributed by atoms with Crippen LogP contribution in [0.1, 0.15) is 31.0 Å². The molecule has 0 aliphatic carbocycles. The van der Waals surface area contributed by atoms with Crippen LogP contribution >= 0.6 is 23.2 Å². The van der Waals surface area contributed by atoms with E-state index in [2.05, 4.69) is 10.6 Å². The molecule has 0 aliphatic rings. The van der Waals surface area contributed by atoms with Gasteiger partial charge in [0, 0.05) is 22.6 Å². The molecule has 6 heteroatoms. The predicted octanol–water partition coefficient (Wildman–Crippen LogP) is 4.49. The first kappa shape index (κ1) is 18.7. The van der Waals surface area contributed by atoms with E-state index in [0.29, 0.717) is 16.6 Å². The highest BCUT2D eigenvalue weighted by Gasteiger charge is 2.17. The van der Waals surface area contributed by atoms with Crippen LogP contribution in [0, 0.1) is 5.82 Å². The van der Waals surface area contributed by atoms with Crippen LogP contribution in [0.25, 0.3) is 0 Å². The molecule has 0 fully saturated rings. The zero-order valence-corrected chi connectivity index (χ0v) is 15.0. The third-order valence-corrected chi connectivity index (χ3v) is 4.26. The Bertz CT molecular complexity index is 707. The van der Waals surface area contributed by atoms with E-state index in [9.17, 15) is 9.18 Å². The average molecular weight is 369 g/mol. The first-order chi connectivity index (χ1) is 11.4. The number of carbonyl (C=O) groups excluding carboxylic acids is 1. The first-order valence-electron chi connectivity index (χ1n) is 7.60. The molecular formula is C18H19Cl2FN2O. The van der Waals surface area contributed by atoms with Gasteiger partial charge in [-0.25, -0.2) is 4.39 Å². The molecule has 0 saturated carbocycles. The number of hydrogen-bond donors (Lipinski definition) is 2. The molecule has 3 nitrogen and oxygen atoms in total. The van der Waals surface area contributed by atoms with Gasteiger partial charge >= 0.3 is 0 Å². The predicted molar refractivity (Wildman–Crippen MR) is 95.7 cm³/mol. The van der Waals surface area contributed by atoms with Crippen molar-refractivity contribution in [3.8, 4) is 0 Å². The molecule has 0 aromatic heterocycles. The SMILES string of the molecule is CC(NC(C)c1ccc(Cl)cc1Cl)C(=O)NCc1ccc(F)cc1. The standard InChI is InChI=1S/C18H19Cl2FN2O/c1-11(16-8-5-14(19)9-17(16)20)23-12(2)18(24)22-10-13-3-6-15(21)7-4-13/h3-9,11-12,23H,10H2,1-2H3,(H,22,24). The summed E-state index contributed by atoms with van der Waals surface area (Å²) in [6.07, 6.45) is 0. The monoisotopic (exact) mass is 368 g/mol. The van der Waals surface area contributed by atoms with Gasteiger partial charge in [0.1, 0.15) is 5.82 Å². The van der Waals surface area contributed by atoms with Gasteiger partial charge in [0.2, 0.25) is 5.91 Å². The summed E-state index contributed by atoms with van der Waals surface area (Å²) in [7, 11) is 0. The van der Waals surface area contributed by atoms with Crippen LogP contribution in [-0.2, 0) is 11.3 Å². The van der Waals surface area contributed by atoms with E-state index in [-0.39, 0.29) is 17.8 Å². The topological polar surface area (TPSA) is 41.1 Å². The number of hydrogen-bond acceptors (Lipinski definition) is 2. The minimum absolute atomic E-state index is 0.110. The lowest BCUT2D eigenvalue weighted by Gasteiger charge is -2.21. The van der Waals surface area contributed by atoms with Crippen molar-refractivity contribution in [2.75, 3.05) is 0 Å². The van der Waals surface area contributed by atoms with Crippen LogP contribution < -0.4 is 10.6 Å². The van der Waals surface area contributed by atoms with Crippen LogP contribution in [0.4, 0.5) is 4.39 Å². The highest BCUT2D eigenvalue weighted by Crippen LogP contribution is 2.26. The van der Waals surface area contributed by atoms with Gasteiger partial charge in [-0.15, -0.1) is 0 Å². The number of halogens is 3. The van der Waals surface area contributed by atoms with Crippen molar-refractivity contribution in [2.24, 2.45) is 0 Å². The molecule has 1 amide bonds. The zero-order valence-electron chi connectivity index (χ0n) is 13.4. The second kappa shape index (κ2) is 8.47. The molecule has 2 N–H and O–H groups in total. The molecule has 0 aliphatic heterocycles. The first-order valence-corrected chi connectivity index (χ1v) is 8.35. The molecule has 0 radical (unpaired) electrons. The Balaban J connectivity index is 1.89. The summed E-state index contributed by atoms with van der Waals surface area (Å²) in [6.45, 7) is 4.06. The molecule has 24 heavy (non-hydrogen) atoms. The Morgan fingerprint density at radius 2 is 1.79 bits per heavy atom. The van der Waals surface area contributed by atoms with Crippen LogP contribution in [0.5, 0.6) is 0 Å². The Morgan fingerprint density at radius 1 is 1.12 bits per heavy atom. The fraction of sp³-hybridized carbons (Fsp3) is 0.278. The molecule has 0 heterocycles. The molecule has 2 atom stereocenters. The smallest absolute Gasteiger partial charge is 0.237 e. The van der Waals surface area contributed by atoms with E-state index in [1.807, 2.05) is 13.0 Å². The maximum atomic E-state index is 12.9. The summed E-state index contributed by atoms with van der Waals surface area (Å²) in [4.78, 5) is 12.2. The van der Waals surface area contributed by atoms with Crippen molar-refractivity contribution < 1.29 is 9.18 Å². The summed E-state index contributed by atoms with van der Waals surface area (Å²) < 4.78 is 12.9. The van der Waals surface area contributed by atoms with Crippen molar-refractivity contribution in [2.45, 2.75) is 32.5 Å². The molecule has 2 unspecified atom stereocenters. The summed E-state index contributed by atoms with van der Waals surface area (Å²) >= 11 is 12.1. The van der Waals surface area contributed by atoms with Crippen LogP contribution in [-0.4, -0.2) is 11.9 Å². The Kier molecular flexibility index (Phi) is 6.60. The van der Waals surface area contributed by atoms with Crippen LogP contribution in [0.3, 0.4) is 0 Å². The summed E-state index contributed by atoms with van der Waals surface area (Å²) in [5, 5.41) is 7.15. The lowest BCUT2D eigenvalue weighted by atomic mass is 10.1. The van der Waals surface area contributed by atoms with Gasteiger partial charge in [0.05, 0.1) is 6.04 Å². The molecule has 2 aromatic carbocycles. The van der Waals surface area contributed by atoms with Crippen LogP contribution in [0.2, 0.25) is 10.0 Å². The molecule has 128 valence electrons. The maximum Gasteiger partial charge on any atom is 0.237 e. The largest absolute Gasteiger partial charge is 0.351 e. The Morgan fingerprint density at radius 3 is 2.42 bits per heavy atom. The lowest BCUT2D eigenvalue weighted by Crippen LogP contribution is -2.42. The average Bonchev–Trinajstić information content (AvgIpc) is 2.53. The van der Waals surface area contributed by atoms with E-state index in [0.717, 1.165) is 11.1 Å². The van der Waals surface area contributed by atoms with E-state index in [1.165, 1.54) is 12.1 Å². The van der Waals surface area contributed by atoms with E-state index in [1.54, 1.807) is 31.2 Å². The Labute approximate surface area is 151 Å². The van der Waals surface area contributed by atoms with Gasteiger partial charge in [-0.05, 0) is 49.2 Å². The zero-order chi connectivity index (χ0) is 17.7. The normalized spacial score (nSPS) is 13.4.